The molecule has 0 saturated carbocycles. The van der Waals surface area contributed by atoms with E-state index in [1.165, 1.54) is 11.3 Å². The Hall–Kier alpha value is -0.940. The Morgan fingerprint density at radius 1 is 1.85 bits per heavy atom. The summed E-state index contributed by atoms with van der Waals surface area (Å²) in [6.07, 6.45) is 2.00. The predicted molar refractivity (Wildman–Crippen MR) is 53.7 cm³/mol. The molecule has 5 heteroatoms. The van der Waals surface area contributed by atoms with E-state index in [1.807, 2.05) is 6.92 Å². The molecule has 0 radical (unpaired) electrons. The van der Waals surface area contributed by atoms with Crippen LogP contribution in [0.3, 0.4) is 0 Å². The predicted octanol–water partition coefficient (Wildman–Crippen LogP) is 1.13. The van der Waals surface area contributed by atoms with Crippen LogP contribution in [-0.4, -0.2) is 16.9 Å². The topological polar surface area (TPSA) is 68.0 Å². The molecule has 1 aromatic rings. The Balaban J connectivity index is 2.45. The first-order valence-corrected chi connectivity index (χ1v) is 4.87. The molecule has 0 saturated heterocycles. The standard InChI is InChI=1S/C8H13N3OS/c1-5(9)3-7(12)11-8-4-10-6(2)13-8/h4-5H,3,9H2,1-2H3,(H,11,12). The fourth-order valence-electron chi connectivity index (χ4n) is 0.900. The van der Waals surface area contributed by atoms with Crippen LogP contribution in [0.1, 0.15) is 18.4 Å². The fraction of sp³-hybridized carbons (Fsp3) is 0.500. The molecule has 72 valence electrons. The van der Waals surface area contributed by atoms with Crippen LogP contribution < -0.4 is 11.1 Å². The number of hydrogen-bond acceptors (Lipinski definition) is 4. The zero-order chi connectivity index (χ0) is 9.84. The number of aromatic nitrogens is 1. The molecule has 1 rings (SSSR count). The van der Waals surface area contributed by atoms with Gasteiger partial charge in [-0.2, -0.15) is 0 Å². The number of nitrogens with two attached hydrogens (primary N) is 1. The number of amides is 1. The minimum Gasteiger partial charge on any atom is -0.327 e. The van der Waals surface area contributed by atoms with Crippen molar-refractivity contribution in [3.05, 3.63) is 11.2 Å². The summed E-state index contributed by atoms with van der Waals surface area (Å²) in [5.74, 6) is -0.0568. The molecule has 1 aromatic heterocycles. The van der Waals surface area contributed by atoms with Gasteiger partial charge < -0.3 is 11.1 Å². The van der Waals surface area contributed by atoms with Crippen molar-refractivity contribution in [2.75, 3.05) is 5.32 Å². The summed E-state index contributed by atoms with van der Waals surface area (Å²) in [4.78, 5) is 15.2. The van der Waals surface area contributed by atoms with Crippen LogP contribution in [-0.2, 0) is 4.79 Å². The smallest absolute Gasteiger partial charge is 0.226 e. The quantitative estimate of drug-likeness (QED) is 0.766. The van der Waals surface area contributed by atoms with Gasteiger partial charge in [0.05, 0.1) is 11.2 Å². The van der Waals surface area contributed by atoms with Gasteiger partial charge in [-0.25, -0.2) is 4.98 Å². The van der Waals surface area contributed by atoms with E-state index in [0.29, 0.717) is 6.42 Å². The summed E-state index contributed by atoms with van der Waals surface area (Å²) in [6.45, 7) is 3.70. The first-order chi connectivity index (χ1) is 6.08. The van der Waals surface area contributed by atoms with E-state index in [-0.39, 0.29) is 11.9 Å². The highest BCUT2D eigenvalue weighted by atomic mass is 32.1. The third-order valence-corrected chi connectivity index (χ3v) is 2.22. The number of nitrogens with zero attached hydrogens (tertiary/aromatic N) is 1. The minimum absolute atomic E-state index is 0.0568. The van der Waals surface area contributed by atoms with E-state index in [1.54, 1.807) is 13.1 Å². The van der Waals surface area contributed by atoms with Gasteiger partial charge in [0.15, 0.2) is 0 Å². The molecule has 1 amide bonds. The van der Waals surface area contributed by atoms with Crippen LogP contribution in [0.2, 0.25) is 0 Å². The molecule has 13 heavy (non-hydrogen) atoms. The zero-order valence-corrected chi connectivity index (χ0v) is 8.52. The van der Waals surface area contributed by atoms with E-state index in [9.17, 15) is 4.79 Å². The number of carbonyl (C=O) groups excluding carboxylic acids is 1. The Kier molecular flexibility index (Phi) is 3.39. The maximum absolute atomic E-state index is 11.2. The molecular weight excluding hydrogens is 186 g/mol. The van der Waals surface area contributed by atoms with Gasteiger partial charge in [-0.3, -0.25) is 4.79 Å². The summed E-state index contributed by atoms with van der Waals surface area (Å²) >= 11 is 1.46. The minimum atomic E-state index is -0.103. The molecule has 0 bridgehead atoms. The van der Waals surface area contributed by atoms with Gasteiger partial charge in [0, 0.05) is 12.5 Å². The van der Waals surface area contributed by atoms with Gasteiger partial charge in [-0.15, -0.1) is 11.3 Å². The molecular formula is C8H13N3OS. The summed E-state index contributed by atoms with van der Waals surface area (Å²) in [5, 5.41) is 4.45. The van der Waals surface area contributed by atoms with Gasteiger partial charge in [0.2, 0.25) is 5.91 Å². The lowest BCUT2D eigenvalue weighted by Crippen LogP contribution is -2.23. The van der Waals surface area contributed by atoms with Crippen LogP contribution >= 0.6 is 11.3 Å². The normalized spacial score (nSPS) is 12.5. The van der Waals surface area contributed by atoms with Crippen molar-refractivity contribution in [2.45, 2.75) is 26.3 Å². The molecule has 1 atom stereocenters. The SMILES string of the molecule is Cc1ncc(NC(=O)CC(C)N)s1. The van der Waals surface area contributed by atoms with Crippen molar-refractivity contribution < 1.29 is 4.79 Å². The van der Waals surface area contributed by atoms with E-state index in [2.05, 4.69) is 10.3 Å². The van der Waals surface area contributed by atoms with Crippen molar-refractivity contribution >= 4 is 22.2 Å². The first kappa shape index (κ1) is 10.1. The summed E-state index contributed by atoms with van der Waals surface area (Å²) < 4.78 is 0. The average Bonchev–Trinajstić information content (AvgIpc) is 2.33. The lowest BCUT2D eigenvalue weighted by Gasteiger charge is -2.03. The summed E-state index contributed by atoms with van der Waals surface area (Å²) in [6, 6.07) is -0.103. The van der Waals surface area contributed by atoms with Crippen molar-refractivity contribution in [3.8, 4) is 0 Å². The molecule has 0 aliphatic carbocycles. The van der Waals surface area contributed by atoms with Crippen molar-refractivity contribution in [1.29, 1.82) is 0 Å². The lowest BCUT2D eigenvalue weighted by molar-refractivity contribution is -0.116. The number of hydrogen-bond donors (Lipinski definition) is 2. The first-order valence-electron chi connectivity index (χ1n) is 4.06. The van der Waals surface area contributed by atoms with Crippen LogP contribution in [0.15, 0.2) is 6.20 Å². The number of carbonyl (C=O) groups is 1. The maximum atomic E-state index is 11.2. The van der Waals surface area contributed by atoms with Gasteiger partial charge in [0.25, 0.3) is 0 Å². The van der Waals surface area contributed by atoms with Crippen LogP contribution in [0.4, 0.5) is 5.00 Å². The summed E-state index contributed by atoms with van der Waals surface area (Å²) in [7, 11) is 0. The molecule has 0 spiro atoms. The zero-order valence-electron chi connectivity index (χ0n) is 7.70. The van der Waals surface area contributed by atoms with E-state index in [4.69, 9.17) is 5.73 Å². The van der Waals surface area contributed by atoms with Gasteiger partial charge in [-0.1, -0.05) is 0 Å². The Morgan fingerprint density at radius 3 is 3.00 bits per heavy atom. The number of anilines is 1. The van der Waals surface area contributed by atoms with E-state index < -0.39 is 0 Å². The monoisotopic (exact) mass is 199 g/mol. The van der Waals surface area contributed by atoms with Crippen LogP contribution in [0, 0.1) is 6.92 Å². The van der Waals surface area contributed by atoms with Gasteiger partial charge in [0.1, 0.15) is 5.00 Å². The van der Waals surface area contributed by atoms with Crippen LogP contribution in [0.25, 0.3) is 0 Å². The lowest BCUT2D eigenvalue weighted by atomic mass is 10.2. The average molecular weight is 199 g/mol. The summed E-state index contributed by atoms with van der Waals surface area (Å²) in [5.41, 5.74) is 5.48. The second-order valence-corrected chi connectivity index (χ2v) is 4.21. The van der Waals surface area contributed by atoms with Gasteiger partial charge in [-0.05, 0) is 13.8 Å². The molecule has 0 aliphatic heterocycles. The maximum Gasteiger partial charge on any atom is 0.226 e. The Morgan fingerprint density at radius 2 is 2.54 bits per heavy atom. The number of thiazole rings is 1. The number of rotatable bonds is 3. The van der Waals surface area contributed by atoms with Crippen LogP contribution in [0.5, 0.6) is 0 Å². The van der Waals surface area contributed by atoms with Crippen molar-refractivity contribution in [2.24, 2.45) is 5.73 Å². The second-order valence-electron chi connectivity index (χ2n) is 2.97. The fourth-order valence-corrected chi connectivity index (χ4v) is 1.59. The molecule has 0 aliphatic rings. The third kappa shape index (κ3) is 3.52. The van der Waals surface area contributed by atoms with Gasteiger partial charge >= 0.3 is 0 Å². The molecule has 0 aromatic carbocycles. The van der Waals surface area contributed by atoms with E-state index in [0.717, 1.165) is 10.0 Å². The highest BCUT2D eigenvalue weighted by Gasteiger charge is 2.06. The van der Waals surface area contributed by atoms with Crippen molar-refractivity contribution in [3.63, 3.8) is 0 Å². The molecule has 1 unspecified atom stereocenters. The molecule has 4 nitrogen and oxygen atoms in total. The van der Waals surface area contributed by atoms with Crippen molar-refractivity contribution in [1.82, 2.24) is 4.98 Å². The molecule has 0 fully saturated rings. The largest absolute Gasteiger partial charge is 0.327 e. The number of aryl methyl sites for hydroxylation is 1. The molecule has 3 N–H and O–H groups in total. The highest BCUT2D eigenvalue weighted by molar-refractivity contribution is 7.15. The van der Waals surface area contributed by atoms with E-state index >= 15 is 0 Å². The highest BCUT2D eigenvalue weighted by Crippen LogP contribution is 2.17. The third-order valence-electron chi connectivity index (χ3n) is 1.39. The molecule has 1 heterocycles. The Bertz CT molecular complexity index is 295. The second kappa shape index (κ2) is 4.34. The number of nitrogens with one attached hydrogen (secondary N) is 1. The Labute approximate surface area is 81.2 Å².